The molecule has 0 aromatic heterocycles. The molecular weight excluding hydrogens is 218 g/mol. The Morgan fingerprint density at radius 1 is 1.24 bits per heavy atom. The van der Waals surface area contributed by atoms with Crippen LogP contribution in [0.3, 0.4) is 0 Å². The molecule has 17 heavy (non-hydrogen) atoms. The lowest BCUT2D eigenvalue weighted by Gasteiger charge is -2.52. The van der Waals surface area contributed by atoms with Gasteiger partial charge in [-0.3, -0.25) is 0 Å². The van der Waals surface area contributed by atoms with Crippen molar-refractivity contribution in [2.24, 2.45) is 0 Å². The highest BCUT2D eigenvalue weighted by atomic mass is 16.6. The zero-order chi connectivity index (χ0) is 13.1. The van der Waals surface area contributed by atoms with E-state index in [1.165, 1.54) is 0 Å². The van der Waals surface area contributed by atoms with Gasteiger partial charge in [0, 0.05) is 14.2 Å². The third-order valence-electron chi connectivity index (χ3n) is 5.48. The quantitative estimate of drug-likeness (QED) is 0.694. The molecule has 0 spiro atoms. The average molecular weight is 244 g/mol. The van der Waals surface area contributed by atoms with Crippen LogP contribution in [0.5, 0.6) is 0 Å². The van der Waals surface area contributed by atoms with E-state index in [2.05, 4.69) is 34.9 Å². The van der Waals surface area contributed by atoms with Gasteiger partial charge >= 0.3 is 0 Å². The van der Waals surface area contributed by atoms with Gasteiger partial charge in [-0.15, -0.1) is 0 Å². The molecule has 0 aromatic rings. The molecule has 2 saturated heterocycles. The number of likely N-dealkylation sites (N-methyl/N-ethyl adjacent to an activating group) is 1. The van der Waals surface area contributed by atoms with E-state index in [4.69, 9.17) is 14.2 Å². The van der Waals surface area contributed by atoms with E-state index >= 15 is 0 Å². The summed E-state index contributed by atoms with van der Waals surface area (Å²) in [5, 5.41) is 0. The molecule has 0 aliphatic carbocycles. The first-order valence-corrected chi connectivity index (χ1v) is 6.29. The lowest BCUT2D eigenvalue weighted by molar-refractivity contribution is -0.962. The molecule has 0 saturated carbocycles. The minimum Gasteiger partial charge on any atom is -0.381 e. The van der Waals surface area contributed by atoms with E-state index in [0.717, 1.165) is 4.48 Å². The molecule has 2 heterocycles. The molecule has 4 atom stereocenters. The number of fused-ring (bicyclic) bond motifs is 2. The van der Waals surface area contributed by atoms with Gasteiger partial charge in [-0.25, -0.2) is 0 Å². The summed E-state index contributed by atoms with van der Waals surface area (Å²) < 4.78 is 18.4. The fraction of sp³-hybridized carbons (Fsp3) is 1.00. The molecule has 2 rings (SSSR count). The van der Waals surface area contributed by atoms with Crippen molar-refractivity contribution in [3.8, 4) is 0 Å². The third-order valence-corrected chi connectivity index (χ3v) is 5.48. The number of morpholine rings is 1. The Kier molecular flexibility index (Phi) is 2.86. The molecule has 2 aliphatic rings. The van der Waals surface area contributed by atoms with Crippen LogP contribution >= 0.6 is 0 Å². The van der Waals surface area contributed by atoms with Gasteiger partial charge in [-0.05, 0) is 20.8 Å². The van der Waals surface area contributed by atoms with Crippen LogP contribution in [0.4, 0.5) is 0 Å². The van der Waals surface area contributed by atoms with Gasteiger partial charge in [0.15, 0.2) is 5.60 Å². The Balaban J connectivity index is 2.52. The number of nitrogens with zero attached hydrogens (tertiary/aromatic N) is 1. The van der Waals surface area contributed by atoms with E-state index in [1.54, 1.807) is 14.2 Å². The Hall–Kier alpha value is -0.160. The minimum atomic E-state index is -0.343. The van der Waals surface area contributed by atoms with Gasteiger partial charge in [0.25, 0.3) is 0 Å². The van der Waals surface area contributed by atoms with Gasteiger partial charge in [-0.1, -0.05) is 0 Å². The van der Waals surface area contributed by atoms with E-state index in [1.807, 2.05) is 0 Å². The maximum Gasteiger partial charge on any atom is 0.177 e. The largest absolute Gasteiger partial charge is 0.381 e. The van der Waals surface area contributed by atoms with Crippen LogP contribution in [-0.4, -0.2) is 68.8 Å². The van der Waals surface area contributed by atoms with Crippen molar-refractivity contribution < 1.29 is 18.7 Å². The van der Waals surface area contributed by atoms with Crippen LogP contribution in [-0.2, 0) is 14.2 Å². The molecule has 4 unspecified atom stereocenters. The molecule has 2 fully saturated rings. The summed E-state index contributed by atoms with van der Waals surface area (Å²) in [6, 6.07) is 0.366. The maximum absolute atomic E-state index is 6.28. The number of ether oxygens (including phenoxy) is 3. The van der Waals surface area contributed by atoms with Crippen LogP contribution in [0.15, 0.2) is 0 Å². The van der Waals surface area contributed by atoms with Crippen molar-refractivity contribution in [1.29, 1.82) is 0 Å². The number of likely N-dealkylation sites (tertiary alicyclic amines) is 1. The van der Waals surface area contributed by atoms with Crippen molar-refractivity contribution in [1.82, 2.24) is 0 Å². The molecule has 100 valence electrons. The highest BCUT2D eigenvalue weighted by Gasteiger charge is 2.78. The van der Waals surface area contributed by atoms with Gasteiger partial charge < -0.3 is 18.7 Å². The third kappa shape index (κ3) is 1.27. The Morgan fingerprint density at radius 2 is 1.82 bits per heavy atom. The summed E-state index contributed by atoms with van der Waals surface area (Å²) in [6.07, 6.45) is 0.306. The lowest BCUT2D eigenvalue weighted by atomic mass is 9.82. The van der Waals surface area contributed by atoms with Crippen molar-refractivity contribution in [3.63, 3.8) is 0 Å². The first kappa shape index (κ1) is 13.3. The topological polar surface area (TPSA) is 27.7 Å². The molecule has 0 N–H and O–H groups in total. The SMILES string of the molecule is COCC12OC(C)C(C1OC)[N+](C)(C)C2(C)C. The van der Waals surface area contributed by atoms with Gasteiger partial charge in [0.1, 0.15) is 23.8 Å². The lowest BCUT2D eigenvalue weighted by Crippen LogP contribution is -2.70. The second-order valence-corrected chi connectivity index (χ2v) is 6.39. The van der Waals surface area contributed by atoms with Crippen LogP contribution in [0, 0.1) is 0 Å². The second kappa shape index (κ2) is 3.67. The Labute approximate surface area is 104 Å². The molecule has 0 aromatic carbocycles. The highest BCUT2D eigenvalue weighted by Crippen LogP contribution is 2.56. The van der Waals surface area contributed by atoms with Gasteiger partial charge in [0.2, 0.25) is 0 Å². The zero-order valence-electron chi connectivity index (χ0n) is 12.1. The van der Waals surface area contributed by atoms with Crippen LogP contribution in [0.1, 0.15) is 20.8 Å². The summed E-state index contributed by atoms with van der Waals surface area (Å²) in [5.41, 5.74) is -0.370. The standard InChI is InChI=1S/C13H26NO3/c1-9-10-11(16-7)13(17-9,8-15-6)12(2,3)14(10,4)5/h9-11H,8H2,1-7H3/q+1. The van der Waals surface area contributed by atoms with Crippen molar-refractivity contribution in [3.05, 3.63) is 0 Å². The van der Waals surface area contributed by atoms with E-state index in [0.29, 0.717) is 12.6 Å². The molecular formula is C13H26NO3+. The van der Waals surface area contributed by atoms with Crippen molar-refractivity contribution in [2.45, 2.75) is 50.2 Å². The summed E-state index contributed by atoms with van der Waals surface area (Å²) in [5.74, 6) is 0. The number of methoxy groups -OCH3 is 2. The second-order valence-electron chi connectivity index (χ2n) is 6.39. The van der Waals surface area contributed by atoms with Gasteiger partial charge in [0.05, 0.1) is 20.7 Å². The fourth-order valence-electron chi connectivity index (χ4n) is 4.04. The summed E-state index contributed by atoms with van der Waals surface area (Å²) >= 11 is 0. The zero-order valence-corrected chi connectivity index (χ0v) is 12.1. The average Bonchev–Trinajstić information content (AvgIpc) is 2.56. The van der Waals surface area contributed by atoms with Gasteiger partial charge in [-0.2, -0.15) is 0 Å². The number of hydrogen-bond acceptors (Lipinski definition) is 3. The minimum absolute atomic E-state index is 0.0269. The predicted molar refractivity (Wildman–Crippen MR) is 65.9 cm³/mol. The smallest absolute Gasteiger partial charge is 0.177 e. The monoisotopic (exact) mass is 244 g/mol. The number of quaternary nitrogens is 1. The highest BCUT2D eigenvalue weighted by molar-refractivity contribution is 5.17. The summed E-state index contributed by atoms with van der Waals surface area (Å²) in [6.45, 7) is 7.23. The first-order valence-electron chi connectivity index (χ1n) is 6.29. The normalized spacial score (nSPS) is 46.4. The molecule has 4 heteroatoms. The van der Waals surface area contributed by atoms with Crippen LogP contribution in [0.2, 0.25) is 0 Å². The van der Waals surface area contributed by atoms with E-state index in [9.17, 15) is 0 Å². The summed E-state index contributed by atoms with van der Waals surface area (Å²) in [7, 11) is 8.06. The van der Waals surface area contributed by atoms with Crippen molar-refractivity contribution >= 4 is 0 Å². The number of rotatable bonds is 3. The summed E-state index contributed by atoms with van der Waals surface area (Å²) in [4.78, 5) is 0. The van der Waals surface area contributed by atoms with Crippen molar-refractivity contribution in [2.75, 3.05) is 34.9 Å². The fourth-order valence-corrected chi connectivity index (χ4v) is 4.04. The Bertz CT molecular complexity index is 316. The Morgan fingerprint density at radius 3 is 2.29 bits per heavy atom. The number of hydrogen-bond donors (Lipinski definition) is 0. The maximum atomic E-state index is 6.28. The van der Waals surface area contributed by atoms with E-state index in [-0.39, 0.29) is 23.3 Å². The molecule has 0 amide bonds. The molecule has 2 aliphatic heterocycles. The molecule has 4 nitrogen and oxygen atoms in total. The first-order chi connectivity index (χ1) is 7.76. The molecule has 2 bridgehead atoms. The van der Waals surface area contributed by atoms with E-state index < -0.39 is 0 Å². The van der Waals surface area contributed by atoms with Crippen LogP contribution in [0.25, 0.3) is 0 Å². The molecule has 0 radical (unpaired) electrons. The van der Waals surface area contributed by atoms with Crippen LogP contribution < -0.4 is 0 Å². The predicted octanol–water partition coefficient (Wildman–Crippen LogP) is 1.04.